The first-order chi connectivity index (χ1) is 13.4. The van der Waals surface area contributed by atoms with Gasteiger partial charge < -0.3 is 21.8 Å². The van der Waals surface area contributed by atoms with Crippen molar-refractivity contribution in [1.29, 1.82) is 0 Å². The molecule has 0 aliphatic carbocycles. The maximum atomic E-state index is 12.4. The summed E-state index contributed by atoms with van der Waals surface area (Å²) in [5.41, 5.74) is 13.9. The number of hydrogen-bond acceptors (Lipinski definition) is 4. The molecule has 0 amide bonds. The molecule has 8 nitrogen and oxygen atoms in total. The number of fused-ring (bicyclic) bond motifs is 1. The Bertz CT molecular complexity index is 1010. The normalized spacial score (nSPS) is 11.2. The van der Waals surface area contributed by atoms with Crippen LogP contribution < -0.4 is 22.5 Å². The number of H-pyrrole nitrogens is 1. The van der Waals surface area contributed by atoms with Crippen molar-refractivity contribution in [2.24, 2.45) is 16.5 Å². The molecular weight excluding hydrogens is 354 g/mol. The molecule has 6 N–H and O–H groups in total. The number of guanidine groups is 1. The number of benzene rings is 1. The van der Waals surface area contributed by atoms with Gasteiger partial charge >= 0.3 is 5.69 Å². The van der Waals surface area contributed by atoms with Gasteiger partial charge in [-0.25, -0.2) is 4.79 Å². The Balaban J connectivity index is 1.67. The number of nitrogens with one attached hydrogen (secondary N) is 2. The number of aliphatic imine (C=N–C) groups is 1. The molecule has 148 valence electrons. The third-order valence-electron chi connectivity index (χ3n) is 4.50. The summed E-state index contributed by atoms with van der Waals surface area (Å²) in [6.07, 6.45) is 2.70. The fraction of sp³-hybridized carbons (Fsp3) is 0.350. The Morgan fingerprint density at radius 2 is 2.04 bits per heavy atom. The molecule has 1 aromatic carbocycles. The predicted molar refractivity (Wildman–Crippen MR) is 113 cm³/mol. The van der Waals surface area contributed by atoms with E-state index in [1.54, 1.807) is 4.57 Å². The third kappa shape index (κ3) is 4.77. The highest BCUT2D eigenvalue weighted by molar-refractivity contribution is 5.76. The van der Waals surface area contributed by atoms with Gasteiger partial charge in [0.15, 0.2) is 5.96 Å². The van der Waals surface area contributed by atoms with E-state index in [0.717, 1.165) is 41.8 Å². The molecule has 3 rings (SSSR count). The number of aromatic amines is 1. The van der Waals surface area contributed by atoms with Gasteiger partial charge in [0, 0.05) is 30.4 Å². The SMILES string of the molecule is CC(C)c1cc2cn(-c3ccc(CNCCCN=C(N)N)cc3)c(=O)nc2[nH]1. The Hall–Kier alpha value is -3.13. The first kappa shape index (κ1) is 19.6. The second-order valence-electron chi connectivity index (χ2n) is 7.08. The van der Waals surface area contributed by atoms with Crippen LogP contribution >= 0.6 is 0 Å². The van der Waals surface area contributed by atoms with Crippen LogP contribution in [0.15, 0.2) is 46.3 Å². The molecule has 0 spiro atoms. The van der Waals surface area contributed by atoms with Gasteiger partial charge in [-0.05, 0) is 42.6 Å². The molecule has 8 heteroatoms. The van der Waals surface area contributed by atoms with Crippen molar-refractivity contribution in [1.82, 2.24) is 19.9 Å². The van der Waals surface area contributed by atoms with Gasteiger partial charge in [0.2, 0.25) is 0 Å². The molecule has 0 aliphatic rings. The molecular formula is C20H27N7O. The summed E-state index contributed by atoms with van der Waals surface area (Å²) < 4.78 is 1.58. The molecule has 0 unspecified atom stereocenters. The highest BCUT2D eigenvalue weighted by Crippen LogP contribution is 2.19. The maximum absolute atomic E-state index is 12.4. The average molecular weight is 381 g/mol. The molecule has 2 aromatic heterocycles. The minimum absolute atomic E-state index is 0.124. The van der Waals surface area contributed by atoms with Crippen LogP contribution in [0.5, 0.6) is 0 Å². The van der Waals surface area contributed by atoms with Crippen LogP contribution in [0.4, 0.5) is 0 Å². The molecule has 0 saturated heterocycles. The Morgan fingerprint density at radius 1 is 1.29 bits per heavy atom. The van der Waals surface area contributed by atoms with Crippen molar-refractivity contribution < 1.29 is 0 Å². The van der Waals surface area contributed by atoms with E-state index in [1.807, 2.05) is 36.5 Å². The van der Waals surface area contributed by atoms with E-state index in [2.05, 4.69) is 34.1 Å². The van der Waals surface area contributed by atoms with Crippen molar-refractivity contribution in [2.75, 3.05) is 13.1 Å². The summed E-state index contributed by atoms with van der Waals surface area (Å²) in [6, 6.07) is 9.92. The van der Waals surface area contributed by atoms with Crippen LogP contribution in [-0.2, 0) is 6.54 Å². The molecule has 0 radical (unpaired) electrons. The quantitative estimate of drug-likeness (QED) is 0.268. The van der Waals surface area contributed by atoms with E-state index in [0.29, 0.717) is 18.1 Å². The fourth-order valence-electron chi connectivity index (χ4n) is 2.93. The van der Waals surface area contributed by atoms with Crippen molar-refractivity contribution in [3.8, 4) is 5.69 Å². The van der Waals surface area contributed by atoms with E-state index in [4.69, 9.17) is 11.5 Å². The summed E-state index contributed by atoms with van der Waals surface area (Å²) >= 11 is 0. The van der Waals surface area contributed by atoms with Crippen LogP contribution in [0.3, 0.4) is 0 Å². The van der Waals surface area contributed by atoms with Crippen molar-refractivity contribution in [3.63, 3.8) is 0 Å². The zero-order valence-corrected chi connectivity index (χ0v) is 16.3. The molecule has 28 heavy (non-hydrogen) atoms. The van der Waals surface area contributed by atoms with E-state index >= 15 is 0 Å². The lowest BCUT2D eigenvalue weighted by Gasteiger charge is -2.08. The van der Waals surface area contributed by atoms with Gasteiger partial charge in [-0.1, -0.05) is 26.0 Å². The highest BCUT2D eigenvalue weighted by Gasteiger charge is 2.09. The maximum Gasteiger partial charge on any atom is 0.354 e. The predicted octanol–water partition coefficient (Wildman–Crippen LogP) is 1.59. The third-order valence-corrected chi connectivity index (χ3v) is 4.50. The topological polar surface area (TPSA) is 127 Å². The van der Waals surface area contributed by atoms with Crippen LogP contribution in [0.25, 0.3) is 16.7 Å². The van der Waals surface area contributed by atoms with Crippen molar-refractivity contribution in [3.05, 3.63) is 58.3 Å². The molecule has 0 saturated carbocycles. The molecule has 0 atom stereocenters. The lowest BCUT2D eigenvalue weighted by molar-refractivity contribution is 0.655. The van der Waals surface area contributed by atoms with Gasteiger partial charge in [0.1, 0.15) is 5.65 Å². The van der Waals surface area contributed by atoms with E-state index in [-0.39, 0.29) is 11.6 Å². The lowest BCUT2D eigenvalue weighted by atomic mass is 10.1. The zero-order valence-electron chi connectivity index (χ0n) is 16.3. The highest BCUT2D eigenvalue weighted by atomic mass is 16.1. The van der Waals surface area contributed by atoms with E-state index in [1.165, 1.54) is 0 Å². The van der Waals surface area contributed by atoms with Crippen LogP contribution in [0, 0.1) is 0 Å². The number of rotatable bonds is 8. The minimum atomic E-state index is -0.296. The number of hydrogen-bond donors (Lipinski definition) is 4. The van der Waals surface area contributed by atoms with Gasteiger partial charge in [-0.3, -0.25) is 9.56 Å². The molecule has 0 bridgehead atoms. The molecule has 0 fully saturated rings. The van der Waals surface area contributed by atoms with Crippen molar-refractivity contribution in [2.45, 2.75) is 32.7 Å². The molecule has 3 aromatic rings. The second kappa shape index (κ2) is 8.71. The fourth-order valence-corrected chi connectivity index (χ4v) is 2.93. The smallest absolute Gasteiger partial charge is 0.354 e. The van der Waals surface area contributed by atoms with E-state index in [9.17, 15) is 4.79 Å². The number of nitrogens with zero attached hydrogens (tertiary/aromatic N) is 3. The number of aromatic nitrogens is 3. The minimum Gasteiger partial charge on any atom is -0.370 e. The first-order valence-corrected chi connectivity index (χ1v) is 9.42. The standard InChI is InChI=1S/C20H27N7O/c1-13(2)17-10-15-12-27(20(28)26-18(15)25-17)16-6-4-14(5-7-16)11-23-8-3-9-24-19(21)22/h4-7,10,12-13,23H,3,8-9,11H2,1-2H3,(H4,21,22,24)(H,25,26,28). The summed E-state index contributed by atoms with van der Waals surface area (Å²) in [6.45, 7) is 6.38. The second-order valence-corrected chi connectivity index (χ2v) is 7.08. The Labute approximate surface area is 163 Å². The summed E-state index contributed by atoms with van der Waals surface area (Å²) in [4.78, 5) is 23.7. The summed E-state index contributed by atoms with van der Waals surface area (Å²) in [5.74, 6) is 0.475. The molecule has 0 aliphatic heterocycles. The monoisotopic (exact) mass is 381 g/mol. The van der Waals surface area contributed by atoms with E-state index < -0.39 is 0 Å². The van der Waals surface area contributed by atoms with Gasteiger partial charge in [0.05, 0.1) is 5.69 Å². The first-order valence-electron chi connectivity index (χ1n) is 9.42. The van der Waals surface area contributed by atoms with Crippen LogP contribution in [-0.4, -0.2) is 33.6 Å². The average Bonchev–Trinajstić information content (AvgIpc) is 3.07. The Morgan fingerprint density at radius 3 is 2.71 bits per heavy atom. The zero-order chi connectivity index (χ0) is 20.1. The van der Waals surface area contributed by atoms with Gasteiger partial charge in [-0.2, -0.15) is 4.98 Å². The number of nitrogens with two attached hydrogens (primary N) is 2. The van der Waals surface area contributed by atoms with Gasteiger partial charge in [-0.15, -0.1) is 0 Å². The Kier molecular flexibility index (Phi) is 6.10. The van der Waals surface area contributed by atoms with Gasteiger partial charge in [0.25, 0.3) is 0 Å². The summed E-state index contributed by atoms with van der Waals surface area (Å²) in [5, 5.41) is 4.27. The van der Waals surface area contributed by atoms with Crippen molar-refractivity contribution >= 4 is 17.0 Å². The largest absolute Gasteiger partial charge is 0.370 e. The van der Waals surface area contributed by atoms with Crippen LogP contribution in [0.1, 0.15) is 37.4 Å². The molecule has 2 heterocycles. The lowest BCUT2D eigenvalue weighted by Crippen LogP contribution is -2.23. The summed E-state index contributed by atoms with van der Waals surface area (Å²) in [7, 11) is 0. The van der Waals surface area contributed by atoms with Crippen LogP contribution in [0.2, 0.25) is 0 Å².